The van der Waals surface area contributed by atoms with Gasteiger partial charge in [0.15, 0.2) is 5.69 Å². The fourth-order valence-corrected chi connectivity index (χ4v) is 1.90. The van der Waals surface area contributed by atoms with Gasteiger partial charge in [-0.15, -0.1) is 0 Å². The molecule has 0 saturated carbocycles. The van der Waals surface area contributed by atoms with Crippen LogP contribution in [0.3, 0.4) is 0 Å². The van der Waals surface area contributed by atoms with Crippen molar-refractivity contribution >= 4 is 11.9 Å². The molecule has 6 nitrogen and oxygen atoms in total. The lowest BCUT2D eigenvalue weighted by Gasteiger charge is -2.20. The highest BCUT2D eigenvalue weighted by molar-refractivity contribution is 5.85. The van der Waals surface area contributed by atoms with Crippen molar-refractivity contribution in [1.82, 2.24) is 9.55 Å². The van der Waals surface area contributed by atoms with Crippen molar-refractivity contribution in [2.24, 2.45) is 5.92 Å². The van der Waals surface area contributed by atoms with Gasteiger partial charge in [-0.2, -0.15) is 0 Å². The summed E-state index contributed by atoms with van der Waals surface area (Å²) in [6, 6.07) is 0. The lowest BCUT2D eigenvalue weighted by molar-refractivity contribution is -0.146. The normalized spacial score (nSPS) is 18.9. The number of fused-ring (bicyclic) bond motifs is 1. The van der Waals surface area contributed by atoms with Crippen LogP contribution in [0.5, 0.6) is 0 Å². The molecule has 0 aliphatic carbocycles. The maximum absolute atomic E-state index is 11.3. The topological polar surface area (TPSA) is 81.4 Å². The SMILES string of the molecule is COC(=O)C1CCn2cc(C(=O)O)nc2C1. The number of aromatic carboxylic acids is 1. The van der Waals surface area contributed by atoms with Crippen LogP contribution in [0, 0.1) is 5.92 Å². The van der Waals surface area contributed by atoms with Gasteiger partial charge in [0.2, 0.25) is 0 Å². The van der Waals surface area contributed by atoms with E-state index in [9.17, 15) is 9.59 Å². The number of hydrogen-bond acceptors (Lipinski definition) is 4. The molecule has 1 N–H and O–H groups in total. The molecule has 0 aromatic carbocycles. The quantitative estimate of drug-likeness (QED) is 0.731. The summed E-state index contributed by atoms with van der Waals surface area (Å²) in [4.78, 5) is 26.0. The predicted molar refractivity (Wildman–Crippen MR) is 53.0 cm³/mol. The third-order valence-electron chi connectivity index (χ3n) is 2.76. The van der Waals surface area contributed by atoms with Gasteiger partial charge in [0.25, 0.3) is 0 Å². The summed E-state index contributed by atoms with van der Waals surface area (Å²) in [5.41, 5.74) is 0.0283. The lowest BCUT2D eigenvalue weighted by Crippen LogP contribution is -2.26. The van der Waals surface area contributed by atoms with Crippen molar-refractivity contribution in [1.29, 1.82) is 0 Å². The van der Waals surface area contributed by atoms with Crippen LogP contribution >= 0.6 is 0 Å². The fourth-order valence-electron chi connectivity index (χ4n) is 1.90. The molecule has 0 spiro atoms. The average molecular weight is 224 g/mol. The Balaban J connectivity index is 2.20. The first-order valence-electron chi connectivity index (χ1n) is 4.99. The maximum atomic E-state index is 11.3. The number of ether oxygens (including phenoxy) is 1. The zero-order valence-electron chi connectivity index (χ0n) is 8.84. The lowest BCUT2D eigenvalue weighted by atomic mass is 9.98. The van der Waals surface area contributed by atoms with Crippen molar-refractivity contribution < 1.29 is 19.4 Å². The van der Waals surface area contributed by atoms with Gasteiger partial charge in [-0.05, 0) is 6.42 Å². The summed E-state index contributed by atoms with van der Waals surface area (Å²) >= 11 is 0. The van der Waals surface area contributed by atoms with Gasteiger partial charge in [-0.3, -0.25) is 4.79 Å². The number of carboxylic acid groups (broad SMARTS) is 1. The molecule has 2 rings (SSSR count). The van der Waals surface area contributed by atoms with Crippen molar-refractivity contribution in [2.75, 3.05) is 7.11 Å². The van der Waals surface area contributed by atoms with Gasteiger partial charge in [-0.25, -0.2) is 9.78 Å². The second kappa shape index (κ2) is 3.96. The highest BCUT2D eigenvalue weighted by atomic mass is 16.5. The number of carboxylic acids is 1. The molecule has 2 heterocycles. The van der Waals surface area contributed by atoms with Crippen molar-refractivity contribution in [3.05, 3.63) is 17.7 Å². The minimum absolute atomic E-state index is 0.0283. The number of nitrogens with zero attached hydrogens (tertiary/aromatic N) is 2. The van der Waals surface area contributed by atoms with Gasteiger partial charge in [0, 0.05) is 19.2 Å². The molecule has 0 radical (unpaired) electrons. The summed E-state index contributed by atoms with van der Waals surface area (Å²) in [6.07, 6.45) is 2.61. The molecule has 0 fully saturated rings. The number of aryl methyl sites for hydroxylation is 1. The van der Waals surface area contributed by atoms with E-state index in [0.717, 1.165) is 0 Å². The van der Waals surface area contributed by atoms with Crippen LogP contribution in [-0.4, -0.2) is 33.7 Å². The molecule has 6 heteroatoms. The number of aromatic nitrogens is 2. The van der Waals surface area contributed by atoms with Crippen LogP contribution in [0.25, 0.3) is 0 Å². The second-order valence-electron chi connectivity index (χ2n) is 3.75. The molecule has 1 aliphatic rings. The number of carbonyl (C=O) groups excluding carboxylic acids is 1. The Hall–Kier alpha value is -1.85. The number of rotatable bonds is 2. The van der Waals surface area contributed by atoms with Crippen LogP contribution in [0.2, 0.25) is 0 Å². The molecule has 0 amide bonds. The van der Waals surface area contributed by atoms with Crippen LogP contribution in [0.15, 0.2) is 6.20 Å². The zero-order chi connectivity index (χ0) is 11.7. The Bertz CT molecular complexity index is 438. The van der Waals surface area contributed by atoms with E-state index in [-0.39, 0.29) is 17.6 Å². The van der Waals surface area contributed by atoms with E-state index >= 15 is 0 Å². The number of imidazole rings is 1. The Morgan fingerprint density at radius 3 is 3.00 bits per heavy atom. The Labute approximate surface area is 91.8 Å². The van der Waals surface area contributed by atoms with Crippen molar-refractivity contribution in [2.45, 2.75) is 19.4 Å². The number of esters is 1. The Morgan fingerprint density at radius 1 is 1.62 bits per heavy atom. The van der Waals surface area contributed by atoms with Gasteiger partial charge >= 0.3 is 11.9 Å². The van der Waals surface area contributed by atoms with E-state index < -0.39 is 5.97 Å². The minimum Gasteiger partial charge on any atom is -0.476 e. The van der Waals surface area contributed by atoms with Gasteiger partial charge < -0.3 is 14.4 Å². The molecular weight excluding hydrogens is 212 g/mol. The number of carbonyl (C=O) groups is 2. The predicted octanol–water partition coefficient (Wildman–Crippen LogP) is 0.317. The summed E-state index contributed by atoms with van der Waals surface area (Å²) in [5.74, 6) is -0.872. The zero-order valence-corrected chi connectivity index (χ0v) is 8.84. The van der Waals surface area contributed by atoms with E-state index in [2.05, 4.69) is 9.72 Å². The van der Waals surface area contributed by atoms with Crippen LogP contribution in [0.1, 0.15) is 22.7 Å². The average Bonchev–Trinajstić information content (AvgIpc) is 2.70. The Kier molecular flexibility index (Phi) is 2.64. The summed E-state index contributed by atoms with van der Waals surface area (Å²) < 4.78 is 6.45. The smallest absolute Gasteiger partial charge is 0.356 e. The van der Waals surface area contributed by atoms with E-state index in [1.54, 1.807) is 4.57 Å². The standard InChI is InChI=1S/C10H12N2O4/c1-16-10(15)6-2-3-12-5-7(9(13)14)11-8(12)4-6/h5-6H,2-4H2,1H3,(H,13,14). The number of hydrogen-bond donors (Lipinski definition) is 1. The minimum atomic E-state index is -1.04. The molecular formula is C10H12N2O4. The summed E-state index contributed by atoms with van der Waals surface area (Å²) in [7, 11) is 1.35. The maximum Gasteiger partial charge on any atom is 0.356 e. The van der Waals surface area contributed by atoms with Crippen LogP contribution < -0.4 is 0 Å². The first-order valence-corrected chi connectivity index (χ1v) is 4.99. The van der Waals surface area contributed by atoms with Gasteiger partial charge in [-0.1, -0.05) is 0 Å². The van der Waals surface area contributed by atoms with Gasteiger partial charge in [0.1, 0.15) is 5.82 Å². The summed E-state index contributed by atoms with van der Waals surface area (Å²) in [5, 5.41) is 8.79. The van der Waals surface area contributed by atoms with Crippen molar-refractivity contribution in [3.8, 4) is 0 Å². The monoisotopic (exact) mass is 224 g/mol. The van der Waals surface area contributed by atoms with Crippen LogP contribution in [-0.2, 0) is 22.5 Å². The van der Waals surface area contributed by atoms with E-state index in [1.165, 1.54) is 13.3 Å². The molecule has 86 valence electrons. The van der Waals surface area contributed by atoms with E-state index in [4.69, 9.17) is 5.11 Å². The first kappa shape index (κ1) is 10.7. The molecule has 1 unspecified atom stereocenters. The third-order valence-corrected chi connectivity index (χ3v) is 2.76. The van der Waals surface area contributed by atoms with E-state index in [1.807, 2.05) is 0 Å². The molecule has 1 aromatic rings. The molecule has 16 heavy (non-hydrogen) atoms. The number of methoxy groups -OCH3 is 1. The van der Waals surface area contributed by atoms with Crippen molar-refractivity contribution in [3.63, 3.8) is 0 Å². The highest BCUT2D eigenvalue weighted by Crippen LogP contribution is 2.21. The fraction of sp³-hybridized carbons (Fsp3) is 0.500. The molecule has 0 saturated heterocycles. The van der Waals surface area contributed by atoms with Crippen LogP contribution in [0.4, 0.5) is 0 Å². The summed E-state index contributed by atoms with van der Waals surface area (Å²) in [6.45, 7) is 0.607. The largest absolute Gasteiger partial charge is 0.476 e. The Morgan fingerprint density at radius 2 is 2.38 bits per heavy atom. The second-order valence-corrected chi connectivity index (χ2v) is 3.75. The van der Waals surface area contributed by atoms with E-state index in [0.29, 0.717) is 25.2 Å². The molecule has 1 aromatic heterocycles. The highest BCUT2D eigenvalue weighted by Gasteiger charge is 2.27. The van der Waals surface area contributed by atoms with Gasteiger partial charge in [0.05, 0.1) is 13.0 Å². The molecule has 1 atom stereocenters. The molecule has 1 aliphatic heterocycles. The first-order chi connectivity index (χ1) is 7.61. The molecule has 0 bridgehead atoms. The third kappa shape index (κ3) is 1.78.